The van der Waals surface area contributed by atoms with Gasteiger partial charge in [-0.25, -0.2) is 4.79 Å². The van der Waals surface area contributed by atoms with Crippen LogP contribution in [-0.2, 0) is 14.3 Å². The number of hydrogen-bond donors (Lipinski definition) is 1. The van der Waals surface area contributed by atoms with Gasteiger partial charge in [-0.05, 0) is 38.0 Å². The van der Waals surface area contributed by atoms with Crippen LogP contribution in [0, 0.1) is 23.2 Å². The summed E-state index contributed by atoms with van der Waals surface area (Å²) in [6, 6.07) is 0. The summed E-state index contributed by atoms with van der Waals surface area (Å²) in [5.74, 6) is 0.352. The minimum absolute atomic E-state index is 0.148. The number of amides is 1. The van der Waals surface area contributed by atoms with E-state index in [-0.39, 0.29) is 36.9 Å². The fourth-order valence-electron chi connectivity index (χ4n) is 3.19. The lowest BCUT2D eigenvalue weighted by Gasteiger charge is -2.44. The highest BCUT2D eigenvalue weighted by Crippen LogP contribution is 2.37. The molecule has 0 atom stereocenters. The number of alkyl carbamates (subject to hydrolysis) is 1. The third kappa shape index (κ3) is 5.67. The first-order valence-corrected chi connectivity index (χ1v) is 9.05. The topological polar surface area (TPSA) is 64.6 Å². The van der Waals surface area contributed by atoms with Crippen LogP contribution in [0.5, 0.6) is 0 Å². The van der Waals surface area contributed by atoms with Gasteiger partial charge in [0.15, 0.2) is 0 Å². The molecule has 0 rings (SSSR count). The number of nitrogens with one attached hydrogen (secondary N) is 1. The van der Waals surface area contributed by atoms with E-state index in [9.17, 15) is 9.59 Å². The third-order valence-corrected chi connectivity index (χ3v) is 5.02. The molecule has 0 heterocycles. The van der Waals surface area contributed by atoms with Crippen molar-refractivity contribution in [2.45, 2.75) is 74.3 Å². The maximum absolute atomic E-state index is 12.2. The molecule has 0 spiro atoms. The number of rotatable bonds is 9. The van der Waals surface area contributed by atoms with E-state index in [0.717, 1.165) is 0 Å². The van der Waals surface area contributed by atoms with E-state index < -0.39 is 17.1 Å². The summed E-state index contributed by atoms with van der Waals surface area (Å²) in [5.41, 5.74) is -1.02. The van der Waals surface area contributed by atoms with Crippen LogP contribution in [0.3, 0.4) is 0 Å². The fourth-order valence-corrected chi connectivity index (χ4v) is 3.19. The van der Waals surface area contributed by atoms with Crippen LogP contribution < -0.4 is 5.32 Å². The smallest absolute Gasteiger partial charge is 0.407 e. The molecule has 0 aliphatic rings. The molecule has 0 aromatic carbocycles. The van der Waals surface area contributed by atoms with Gasteiger partial charge in [0, 0.05) is 0 Å². The molecule has 0 unspecified atom stereocenters. The zero-order valence-corrected chi connectivity index (χ0v) is 17.0. The summed E-state index contributed by atoms with van der Waals surface area (Å²) in [6.07, 6.45) is 0.248. The van der Waals surface area contributed by atoms with Gasteiger partial charge in [-0.3, -0.25) is 4.79 Å². The number of esters is 1. The van der Waals surface area contributed by atoms with Crippen LogP contribution in [0.15, 0.2) is 0 Å². The van der Waals surface area contributed by atoms with E-state index >= 15 is 0 Å². The van der Waals surface area contributed by atoms with E-state index in [1.807, 2.05) is 20.8 Å². The van der Waals surface area contributed by atoms with Crippen molar-refractivity contribution in [1.29, 1.82) is 0 Å². The second-order valence-electron chi connectivity index (χ2n) is 8.01. The van der Waals surface area contributed by atoms with Crippen molar-refractivity contribution in [3.8, 4) is 0 Å². The molecule has 0 bridgehead atoms. The minimum atomic E-state index is -0.523. The Morgan fingerprint density at radius 1 is 0.958 bits per heavy atom. The maximum atomic E-state index is 12.2. The van der Waals surface area contributed by atoms with Crippen molar-refractivity contribution in [2.75, 3.05) is 13.2 Å². The van der Waals surface area contributed by atoms with Crippen molar-refractivity contribution in [1.82, 2.24) is 5.32 Å². The quantitative estimate of drug-likeness (QED) is 0.498. The Morgan fingerprint density at radius 2 is 1.42 bits per heavy atom. The van der Waals surface area contributed by atoms with Gasteiger partial charge in [-0.15, -0.1) is 0 Å². The highest BCUT2D eigenvalue weighted by molar-refractivity contribution is 5.75. The third-order valence-electron chi connectivity index (χ3n) is 5.02. The number of ether oxygens (including phenoxy) is 2. The average Bonchev–Trinajstić information content (AvgIpc) is 2.47. The minimum Gasteiger partial charge on any atom is -0.463 e. The predicted molar refractivity (Wildman–Crippen MR) is 96.8 cm³/mol. The highest BCUT2D eigenvalue weighted by Gasteiger charge is 2.44. The zero-order valence-electron chi connectivity index (χ0n) is 17.0. The molecular formula is C19H37NO4. The Labute approximate surface area is 147 Å². The standard InChI is InChI=1S/C19H37NO4/c1-10-18(8,9)16(21)23-12-11-20-17(22)24-19(13(2)3,14(4)5)15(6)7/h13-15H,10-12H2,1-9H3,(H,20,22). The van der Waals surface area contributed by atoms with Crippen molar-refractivity contribution in [3.05, 3.63) is 0 Å². The second-order valence-corrected chi connectivity index (χ2v) is 8.01. The van der Waals surface area contributed by atoms with Crippen LogP contribution in [0.2, 0.25) is 0 Å². The van der Waals surface area contributed by atoms with E-state index in [1.54, 1.807) is 0 Å². The molecular weight excluding hydrogens is 306 g/mol. The molecule has 0 aliphatic carbocycles. The fraction of sp³-hybridized carbons (Fsp3) is 0.895. The van der Waals surface area contributed by atoms with Gasteiger partial charge in [0.2, 0.25) is 0 Å². The second kappa shape index (κ2) is 9.28. The highest BCUT2D eigenvalue weighted by atomic mass is 16.6. The molecule has 5 nitrogen and oxygen atoms in total. The molecule has 0 aliphatic heterocycles. The SMILES string of the molecule is CCC(C)(C)C(=O)OCCNC(=O)OC(C(C)C)(C(C)C)C(C)C. The molecule has 1 N–H and O–H groups in total. The Morgan fingerprint density at radius 3 is 1.79 bits per heavy atom. The number of hydrogen-bond acceptors (Lipinski definition) is 4. The van der Waals surface area contributed by atoms with E-state index in [4.69, 9.17) is 9.47 Å². The van der Waals surface area contributed by atoms with Gasteiger partial charge in [-0.1, -0.05) is 48.5 Å². The van der Waals surface area contributed by atoms with Gasteiger partial charge in [-0.2, -0.15) is 0 Å². The van der Waals surface area contributed by atoms with Gasteiger partial charge in [0.25, 0.3) is 0 Å². The largest absolute Gasteiger partial charge is 0.463 e. The Hall–Kier alpha value is -1.26. The van der Waals surface area contributed by atoms with Crippen LogP contribution in [-0.4, -0.2) is 30.8 Å². The predicted octanol–water partition coefficient (Wildman–Crippen LogP) is 4.40. The summed E-state index contributed by atoms with van der Waals surface area (Å²) in [7, 11) is 0. The van der Waals surface area contributed by atoms with Gasteiger partial charge in [0.1, 0.15) is 12.2 Å². The van der Waals surface area contributed by atoms with E-state index in [0.29, 0.717) is 6.42 Å². The summed E-state index contributed by atoms with van der Waals surface area (Å²) in [6.45, 7) is 18.5. The molecule has 0 saturated heterocycles. The lowest BCUT2D eigenvalue weighted by molar-refractivity contribution is -0.154. The Balaban J connectivity index is 4.55. The molecule has 1 amide bonds. The van der Waals surface area contributed by atoms with Gasteiger partial charge < -0.3 is 14.8 Å². The van der Waals surface area contributed by atoms with Crippen molar-refractivity contribution in [2.24, 2.45) is 23.2 Å². The monoisotopic (exact) mass is 343 g/mol. The molecule has 142 valence electrons. The summed E-state index contributed by atoms with van der Waals surface area (Å²) in [4.78, 5) is 24.1. The summed E-state index contributed by atoms with van der Waals surface area (Å²) < 4.78 is 11.0. The maximum Gasteiger partial charge on any atom is 0.407 e. The molecule has 0 fully saturated rings. The lowest BCUT2D eigenvalue weighted by Crippen LogP contribution is -2.51. The normalized spacial score (nSPS) is 12.7. The first-order chi connectivity index (χ1) is 10.9. The average molecular weight is 344 g/mol. The molecule has 0 saturated carbocycles. The Kier molecular flexibility index (Phi) is 8.80. The van der Waals surface area contributed by atoms with E-state index in [2.05, 4.69) is 46.9 Å². The van der Waals surface area contributed by atoms with Crippen LogP contribution in [0.4, 0.5) is 4.79 Å². The van der Waals surface area contributed by atoms with Gasteiger partial charge in [0.05, 0.1) is 12.0 Å². The summed E-state index contributed by atoms with van der Waals surface area (Å²) in [5, 5.41) is 2.69. The van der Waals surface area contributed by atoms with Crippen LogP contribution >= 0.6 is 0 Å². The number of carbonyl (C=O) groups excluding carboxylic acids is 2. The van der Waals surface area contributed by atoms with Crippen molar-refractivity contribution >= 4 is 12.1 Å². The zero-order chi connectivity index (χ0) is 19.1. The van der Waals surface area contributed by atoms with E-state index in [1.165, 1.54) is 0 Å². The number of carbonyl (C=O) groups is 2. The van der Waals surface area contributed by atoms with Gasteiger partial charge >= 0.3 is 12.1 Å². The molecule has 5 heteroatoms. The molecule has 0 aromatic heterocycles. The van der Waals surface area contributed by atoms with Crippen molar-refractivity contribution < 1.29 is 19.1 Å². The van der Waals surface area contributed by atoms with Crippen LogP contribution in [0.25, 0.3) is 0 Å². The molecule has 24 heavy (non-hydrogen) atoms. The van der Waals surface area contributed by atoms with Crippen molar-refractivity contribution in [3.63, 3.8) is 0 Å². The van der Waals surface area contributed by atoms with Crippen LogP contribution in [0.1, 0.15) is 68.7 Å². The summed E-state index contributed by atoms with van der Waals surface area (Å²) >= 11 is 0. The molecule has 0 aromatic rings. The first kappa shape index (κ1) is 22.7. The first-order valence-electron chi connectivity index (χ1n) is 9.05. The molecule has 0 radical (unpaired) electrons. The lowest BCUT2D eigenvalue weighted by atomic mass is 9.72. The Bertz CT molecular complexity index is 392.